The molecule has 5 heteroatoms. The number of hydrogen-bond acceptors (Lipinski definition) is 4. The molecule has 2 atom stereocenters. The Labute approximate surface area is 123 Å². The fourth-order valence-corrected chi connectivity index (χ4v) is 2.95. The van der Waals surface area contributed by atoms with Crippen LogP contribution in [0.3, 0.4) is 0 Å². The predicted octanol–water partition coefficient (Wildman–Crippen LogP) is 2.85. The van der Waals surface area contributed by atoms with Crippen LogP contribution in [0.5, 0.6) is 0 Å². The average molecular weight is 287 g/mol. The molecule has 0 bridgehead atoms. The fraction of sp³-hybridized carbons (Fsp3) is 0.500. The van der Waals surface area contributed by atoms with E-state index in [0.29, 0.717) is 5.89 Å². The number of rotatable bonds is 3. The minimum absolute atomic E-state index is 0.00828. The number of fused-ring (bicyclic) bond motifs is 1. The number of anilines is 1. The summed E-state index contributed by atoms with van der Waals surface area (Å²) in [6.07, 6.45) is 3.51. The number of carbonyl (C=O) groups excluding carboxylic acids is 1. The second-order valence-electron chi connectivity index (χ2n) is 6.01. The summed E-state index contributed by atoms with van der Waals surface area (Å²) in [6, 6.07) is 5.46. The normalized spacial score (nSPS) is 25.4. The Morgan fingerprint density at radius 1 is 1.57 bits per heavy atom. The standard InChI is InChI=1S/C16H21N3O2/c1-3-14-19-11-9-10(6-7-12(11)21-14)18-15(20)16(2)8-4-5-13(16)17/h6-7,9,13H,3-5,8,17H2,1-2H3,(H,18,20). The molecule has 5 nitrogen and oxygen atoms in total. The van der Waals surface area contributed by atoms with E-state index in [1.807, 2.05) is 32.0 Å². The maximum absolute atomic E-state index is 12.5. The summed E-state index contributed by atoms with van der Waals surface area (Å²) in [5.41, 5.74) is 7.87. The molecule has 112 valence electrons. The summed E-state index contributed by atoms with van der Waals surface area (Å²) in [6.45, 7) is 3.94. The van der Waals surface area contributed by atoms with E-state index in [-0.39, 0.29) is 11.9 Å². The molecule has 0 saturated heterocycles. The smallest absolute Gasteiger partial charge is 0.231 e. The van der Waals surface area contributed by atoms with Gasteiger partial charge in [-0.15, -0.1) is 0 Å². The lowest BCUT2D eigenvalue weighted by atomic mass is 9.84. The predicted molar refractivity (Wildman–Crippen MR) is 82.0 cm³/mol. The van der Waals surface area contributed by atoms with Crippen LogP contribution in [-0.2, 0) is 11.2 Å². The van der Waals surface area contributed by atoms with E-state index in [2.05, 4.69) is 10.3 Å². The van der Waals surface area contributed by atoms with Crippen LogP contribution < -0.4 is 11.1 Å². The molecule has 3 rings (SSSR count). The second-order valence-corrected chi connectivity index (χ2v) is 6.01. The molecule has 0 aliphatic heterocycles. The van der Waals surface area contributed by atoms with E-state index in [1.54, 1.807) is 0 Å². The summed E-state index contributed by atoms with van der Waals surface area (Å²) in [5.74, 6) is 0.698. The first-order valence-electron chi connectivity index (χ1n) is 7.49. The number of hydrogen-bond donors (Lipinski definition) is 2. The molecule has 1 aromatic carbocycles. The third-order valence-corrected chi connectivity index (χ3v) is 4.54. The van der Waals surface area contributed by atoms with Crippen molar-refractivity contribution in [3.05, 3.63) is 24.1 Å². The number of carbonyl (C=O) groups is 1. The lowest BCUT2D eigenvalue weighted by Crippen LogP contribution is -2.44. The second kappa shape index (κ2) is 5.15. The zero-order valence-corrected chi connectivity index (χ0v) is 12.5. The minimum atomic E-state index is -0.479. The van der Waals surface area contributed by atoms with Crippen LogP contribution >= 0.6 is 0 Å². The van der Waals surface area contributed by atoms with E-state index >= 15 is 0 Å². The van der Waals surface area contributed by atoms with Crippen LogP contribution in [0.2, 0.25) is 0 Å². The molecule has 1 aliphatic carbocycles. The van der Waals surface area contributed by atoms with Crippen LogP contribution in [0.1, 0.15) is 39.0 Å². The maximum Gasteiger partial charge on any atom is 0.231 e. The molecule has 0 radical (unpaired) electrons. The molecule has 1 saturated carbocycles. The first-order chi connectivity index (χ1) is 10.0. The summed E-state index contributed by atoms with van der Waals surface area (Å²) >= 11 is 0. The molecule has 21 heavy (non-hydrogen) atoms. The van der Waals surface area contributed by atoms with Crippen molar-refractivity contribution in [2.45, 2.75) is 45.6 Å². The Bertz CT molecular complexity index is 679. The number of nitrogens with one attached hydrogen (secondary N) is 1. The molecule has 2 unspecified atom stereocenters. The van der Waals surface area contributed by atoms with Crippen LogP contribution in [0, 0.1) is 5.41 Å². The van der Waals surface area contributed by atoms with E-state index in [9.17, 15) is 4.79 Å². The van der Waals surface area contributed by atoms with Gasteiger partial charge in [0.1, 0.15) is 5.52 Å². The molecule has 1 heterocycles. The van der Waals surface area contributed by atoms with Gasteiger partial charge >= 0.3 is 0 Å². The third-order valence-electron chi connectivity index (χ3n) is 4.54. The van der Waals surface area contributed by atoms with Gasteiger partial charge in [0.25, 0.3) is 0 Å². The SMILES string of the molecule is CCc1nc2cc(NC(=O)C3(C)CCCC3N)ccc2o1. The maximum atomic E-state index is 12.5. The molecule has 2 aromatic rings. The Kier molecular flexibility index (Phi) is 3.45. The van der Waals surface area contributed by atoms with Crippen molar-refractivity contribution in [3.8, 4) is 0 Å². The summed E-state index contributed by atoms with van der Waals surface area (Å²) in [5, 5.41) is 2.97. The molecule has 0 spiro atoms. The lowest BCUT2D eigenvalue weighted by Gasteiger charge is -2.27. The van der Waals surface area contributed by atoms with E-state index < -0.39 is 5.41 Å². The van der Waals surface area contributed by atoms with Crippen molar-refractivity contribution in [2.24, 2.45) is 11.1 Å². The quantitative estimate of drug-likeness (QED) is 0.909. The summed E-state index contributed by atoms with van der Waals surface area (Å²) < 4.78 is 5.57. The van der Waals surface area contributed by atoms with E-state index in [0.717, 1.165) is 42.5 Å². The zero-order valence-electron chi connectivity index (χ0n) is 12.5. The highest BCUT2D eigenvalue weighted by molar-refractivity contribution is 5.97. The number of oxazole rings is 1. The van der Waals surface area contributed by atoms with Gasteiger partial charge in [-0.1, -0.05) is 13.3 Å². The Morgan fingerprint density at radius 2 is 2.38 bits per heavy atom. The van der Waals surface area contributed by atoms with Gasteiger partial charge in [-0.3, -0.25) is 4.79 Å². The van der Waals surface area contributed by atoms with Gasteiger partial charge in [0.15, 0.2) is 11.5 Å². The number of amides is 1. The summed E-state index contributed by atoms with van der Waals surface area (Å²) in [4.78, 5) is 16.9. The summed E-state index contributed by atoms with van der Waals surface area (Å²) in [7, 11) is 0. The fourth-order valence-electron chi connectivity index (χ4n) is 2.95. The molecule has 1 aliphatic rings. The number of nitrogens with zero attached hydrogens (tertiary/aromatic N) is 1. The van der Waals surface area contributed by atoms with Crippen molar-refractivity contribution in [1.29, 1.82) is 0 Å². The van der Waals surface area contributed by atoms with Crippen LogP contribution in [0.25, 0.3) is 11.1 Å². The van der Waals surface area contributed by atoms with Gasteiger partial charge in [0.05, 0.1) is 5.41 Å². The van der Waals surface area contributed by atoms with Crippen molar-refractivity contribution in [3.63, 3.8) is 0 Å². The largest absolute Gasteiger partial charge is 0.441 e. The third kappa shape index (κ3) is 2.42. The topological polar surface area (TPSA) is 81.2 Å². The highest BCUT2D eigenvalue weighted by Gasteiger charge is 2.42. The van der Waals surface area contributed by atoms with Gasteiger partial charge in [-0.2, -0.15) is 0 Å². The van der Waals surface area contributed by atoms with Gasteiger partial charge in [-0.25, -0.2) is 4.98 Å². The number of aromatic nitrogens is 1. The Hall–Kier alpha value is -1.88. The van der Waals surface area contributed by atoms with Crippen LogP contribution in [-0.4, -0.2) is 16.9 Å². The number of aryl methyl sites for hydroxylation is 1. The van der Waals surface area contributed by atoms with Crippen molar-refractivity contribution >= 4 is 22.7 Å². The first kappa shape index (κ1) is 14.1. The highest BCUT2D eigenvalue weighted by atomic mass is 16.3. The number of nitrogens with two attached hydrogens (primary N) is 1. The van der Waals surface area contributed by atoms with Gasteiger partial charge < -0.3 is 15.5 Å². The molecule has 1 fully saturated rings. The van der Waals surface area contributed by atoms with Gasteiger partial charge in [0.2, 0.25) is 5.91 Å². The average Bonchev–Trinajstić information content (AvgIpc) is 3.03. The molecule has 1 amide bonds. The lowest BCUT2D eigenvalue weighted by molar-refractivity contribution is -0.125. The monoisotopic (exact) mass is 287 g/mol. The molecular weight excluding hydrogens is 266 g/mol. The van der Waals surface area contributed by atoms with Gasteiger partial charge in [-0.05, 0) is 38.0 Å². The van der Waals surface area contributed by atoms with Gasteiger partial charge in [0, 0.05) is 18.2 Å². The Balaban J connectivity index is 1.82. The van der Waals surface area contributed by atoms with E-state index in [4.69, 9.17) is 10.2 Å². The van der Waals surface area contributed by atoms with Crippen molar-refractivity contribution in [2.75, 3.05) is 5.32 Å². The molecule has 1 aromatic heterocycles. The van der Waals surface area contributed by atoms with Crippen molar-refractivity contribution in [1.82, 2.24) is 4.98 Å². The Morgan fingerprint density at radius 3 is 3.05 bits per heavy atom. The number of benzene rings is 1. The van der Waals surface area contributed by atoms with Crippen molar-refractivity contribution < 1.29 is 9.21 Å². The van der Waals surface area contributed by atoms with E-state index in [1.165, 1.54) is 0 Å². The zero-order chi connectivity index (χ0) is 15.0. The van der Waals surface area contributed by atoms with Crippen LogP contribution in [0.4, 0.5) is 5.69 Å². The molecule has 3 N–H and O–H groups in total. The molecular formula is C16H21N3O2. The highest BCUT2D eigenvalue weighted by Crippen LogP contribution is 2.37. The first-order valence-corrected chi connectivity index (χ1v) is 7.49. The van der Waals surface area contributed by atoms with Crippen LogP contribution in [0.15, 0.2) is 22.6 Å². The minimum Gasteiger partial charge on any atom is -0.441 e.